The zero-order chi connectivity index (χ0) is 19.7. The maximum absolute atomic E-state index is 12.8. The molecular weight excluding hydrogens is 457 g/mol. The number of hydrogen-bond acceptors (Lipinski definition) is 4. The molecule has 0 unspecified atom stereocenters. The van der Waals surface area contributed by atoms with Crippen molar-refractivity contribution in [2.45, 2.75) is 11.4 Å². The predicted octanol–water partition coefficient (Wildman–Crippen LogP) is 5.24. The van der Waals surface area contributed by atoms with Crippen molar-refractivity contribution >= 4 is 81.3 Å². The van der Waals surface area contributed by atoms with E-state index in [2.05, 4.69) is 9.99 Å². The van der Waals surface area contributed by atoms with Crippen LogP contribution in [0.15, 0.2) is 41.6 Å². The summed E-state index contributed by atoms with van der Waals surface area (Å²) in [4.78, 5) is 29.0. The fourth-order valence-electron chi connectivity index (χ4n) is 2.48. The Morgan fingerprint density at radius 1 is 1.07 bits per heavy atom. The van der Waals surface area contributed by atoms with Gasteiger partial charge in [-0.2, -0.15) is 0 Å². The molecule has 0 aliphatic carbocycles. The van der Waals surface area contributed by atoms with Gasteiger partial charge in [0.1, 0.15) is 0 Å². The largest absolute Gasteiger partial charge is 0.367 e. The molecule has 140 valence electrons. The highest BCUT2D eigenvalue weighted by atomic mass is 35.5. The molecule has 0 spiro atoms. The maximum Gasteiger partial charge on any atom is 0.367 e. The van der Waals surface area contributed by atoms with E-state index in [1.807, 2.05) is 0 Å². The lowest BCUT2D eigenvalue weighted by Gasteiger charge is -2.17. The zero-order valence-electron chi connectivity index (χ0n) is 13.3. The molecule has 0 saturated heterocycles. The number of alkyl halides is 2. The smallest absolute Gasteiger partial charge is 0.314 e. The Morgan fingerprint density at radius 2 is 1.81 bits per heavy atom. The fourth-order valence-corrected chi connectivity index (χ4v) is 3.05. The number of amides is 1. The number of hydrogen-bond donors (Lipinski definition) is 0. The van der Waals surface area contributed by atoms with Crippen LogP contribution in [0.4, 0.5) is 5.69 Å². The van der Waals surface area contributed by atoms with Gasteiger partial charge in [-0.15, -0.1) is 0 Å². The van der Waals surface area contributed by atoms with E-state index in [1.165, 1.54) is 4.90 Å². The Bertz CT molecular complexity index is 962. The Morgan fingerprint density at radius 3 is 2.48 bits per heavy atom. The number of carbonyl (C=O) groups excluding carboxylic acids is 2. The third kappa shape index (κ3) is 4.33. The lowest BCUT2D eigenvalue weighted by atomic mass is 10.1. The molecular formula is C17H9Cl5N2O3. The second-order valence-electron chi connectivity index (χ2n) is 5.45. The van der Waals surface area contributed by atoms with Gasteiger partial charge in [-0.05, 0) is 35.9 Å². The van der Waals surface area contributed by atoms with E-state index in [4.69, 9.17) is 58.0 Å². The number of benzene rings is 2. The summed E-state index contributed by atoms with van der Waals surface area (Å²) >= 11 is 28.8. The second-order valence-corrected chi connectivity index (χ2v) is 7.80. The highest BCUT2D eigenvalue weighted by Gasteiger charge is 2.35. The van der Waals surface area contributed by atoms with Crippen LogP contribution in [0.2, 0.25) is 15.1 Å². The van der Waals surface area contributed by atoms with E-state index in [0.29, 0.717) is 26.3 Å². The highest BCUT2D eigenvalue weighted by Crippen LogP contribution is 2.34. The molecule has 27 heavy (non-hydrogen) atoms. The summed E-state index contributed by atoms with van der Waals surface area (Å²) in [6, 6.07) is 9.91. The van der Waals surface area contributed by atoms with Crippen LogP contribution in [-0.2, 0) is 21.0 Å². The molecule has 0 N–H and O–H groups in total. The summed E-state index contributed by atoms with van der Waals surface area (Å²) in [7, 11) is 0. The first-order chi connectivity index (χ1) is 12.8. The summed E-state index contributed by atoms with van der Waals surface area (Å²) in [5, 5.41) is 4.80. The molecule has 1 amide bonds. The number of rotatable bonds is 4. The van der Waals surface area contributed by atoms with Crippen LogP contribution >= 0.6 is 58.0 Å². The molecule has 10 heteroatoms. The van der Waals surface area contributed by atoms with E-state index in [9.17, 15) is 9.59 Å². The van der Waals surface area contributed by atoms with Crippen LogP contribution in [-0.4, -0.2) is 22.4 Å². The molecule has 0 atom stereocenters. The van der Waals surface area contributed by atoms with Crippen molar-refractivity contribution in [1.82, 2.24) is 0 Å². The number of oxime groups is 1. The topological polar surface area (TPSA) is 59.0 Å². The summed E-state index contributed by atoms with van der Waals surface area (Å²) in [6.45, 7) is 0.199. The lowest BCUT2D eigenvalue weighted by molar-refractivity contribution is -0.141. The standard InChI is InChI=1S/C17H9Cl5N2O3/c18-9-2-4-13-10(6-9)14(23-27-17(26)15(21)22)16(25)24(13)7-8-1-3-11(19)12(20)5-8/h1-6,15H,7H2/b23-14+. The Kier molecular flexibility index (Phi) is 6.18. The van der Waals surface area contributed by atoms with Crippen LogP contribution < -0.4 is 4.90 Å². The molecule has 3 rings (SSSR count). The van der Waals surface area contributed by atoms with E-state index in [1.54, 1.807) is 36.4 Å². The van der Waals surface area contributed by atoms with Gasteiger partial charge in [-0.3, -0.25) is 4.79 Å². The van der Waals surface area contributed by atoms with E-state index < -0.39 is 16.7 Å². The summed E-state index contributed by atoms with van der Waals surface area (Å²) in [5.41, 5.74) is 1.63. The van der Waals surface area contributed by atoms with Gasteiger partial charge in [0.15, 0.2) is 5.71 Å². The van der Waals surface area contributed by atoms with Crippen LogP contribution in [0.5, 0.6) is 0 Å². The van der Waals surface area contributed by atoms with Crippen molar-refractivity contribution in [3.8, 4) is 0 Å². The van der Waals surface area contributed by atoms with Crippen LogP contribution in [0, 0.1) is 0 Å². The van der Waals surface area contributed by atoms with Gasteiger partial charge in [0.05, 0.1) is 22.3 Å². The first kappa shape index (κ1) is 20.2. The minimum Gasteiger partial charge on any atom is -0.314 e. The van der Waals surface area contributed by atoms with Gasteiger partial charge in [0, 0.05) is 10.6 Å². The number of carbonyl (C=O) groups is 2. The van der Waals surface area contributed by atoms with Crippen molar-refractivity contribution in [2.24, 2.45) is 5.16 Å². The van der Waals surface area contributed by atoms with Gasteiger partial charge in [0.2, 0.25) is 4.84 Å². The average Bonchev–Trinajstić information content (AvgIpc) is 2.87. The quantitative estimate of drug-likeness (QED) is 0.352. The monoisotopic (exact) mass is 464 g/mol. The number of anilines is 1. The third-order valence-electron chi connectivity index (χ3n) is 3.68. The van der Waals surface area contributed by atoms with Gasteiger partial charge in [-0.25, -0.2) is 4.79 Å². The summed E-state index contributed by atoms with van der Waals surface area (Å²) in [6.07, 6.45) is 0. The molecule has 0 saturated carbocycles. The number of fused-ring (bicyclic) bond motifs is 1. The molecule has 0 aromatic heterocycles. The van der Waals surface area contributed by atoms with Crippen LogP contribution in [0.1, 0.15) is 11.1 Å². The normalized spacial score (nSPS) is 14.8. The number of halogens is 5. The minimum absolute atomic E-state index is 0.0881. The first-order valence-electron chi connectivity index (χ1n) is 7.40. The summed E-state index contributed by atoms with van der Waals surface area (Å²) in [5.74, 6) is -1.48. The molecule has 2 aromatic carbocycles. The van der Waals surface area contributed by atoms with E-state index in [0.717, 1.165) is 5.56 Å². The molecule has 1 heterocycles. The van der Waals surface area contributed by atoms with Crippen molar-refractivity contribution in [3.63, 3.8) is 0 Å². The fraction of sp³-hybridized carbons (Fsp3) is 0.118. The Labute approximate surface area is 179 Å². The van der Waals surface area contributed by atoms with Crippen LogP contribution in [0.3, 0.4) is 0 Å². The minimum atomic E-state index is -1.42. The molecule has 0 fully saturated rings. The molecule has 1 aliphatic heterocycles. The maximum atomic E-state index is 12.8. The van der Waals surface area contributed by atoms with Crippen molar-refractivity contribution in [1.29, 1.82) is 0 Å². The predicted molar refractivity (Wildman–Crippen MR) is 107 cm³/mol. The Balaban J connectivity index is 1.96. The van der Waals surface area contributed by atoms with Crippen LogP contribution in [0.25, 0.3) is 0 Å². The van der Waals surface area contributed by atoms with Crippen molar-refractivity contribution < 1.29 is 14.4 Å². The molecule has 2 aromatic rings. The van der Waals surface area contributed by atoms with Gasteiger partial charge < -0.3 is 9.74 Å². The molecule has 1 aliphatic rings. The van der Waals surface area contributed by atoms with Crippen molar-refractivity contribution in [2.75, 3.05) is 4.90 Å². The van der Waals surface area contributed by atoms with Gasteiger partial charge in [0.25, 0.3) is 5.91 Å². The number of nitrogens with zero attached hydrogens (tertiary/aromatic N) is 2. The highest BCUT2D eigenvalue weighted by molar-refractivity contribution is 6.55. The zero-order valence-corrected chi connectivity index (χ0v) is 17.0. The lowest BCUT2D eigenvalue weighted by Crippen LogP contribution is -2.30. The molecule has 0 bridgehead atoms. The van der Waals surface area contributed by atoms with Gasteiger partial charge in [-0.1, -0.05) is 69.2 Å². The summed E-state index contributed by atoms with van der Waals surface area (Å²) < 4.78 is 0. The van der Waals surface area contributed by atoms with Crippen molar-refractivity contribution in [3.05, 3.63) is 62.6 Å². The second kappa shape index (κ2) is 8.25. The SMILES string of the molecule is O=C(O/N=C1/C(=O)N(Cc2ccc(Cl)c(Cl)c2)c2ccc(Cl)cc21)C(Cl)Cl. The van der Waals surface area contributed by atoms with Gasteiger partial charge >= 0.3 is 5.97 Å². The molecule has 0 radical (unpaired) electrons. The van der Waals surface area contributed by atoms with E-state index >= 15 is 0 Å². The third-order valence-corrected chi connectivity index (χ3v) is 5.01. The Hall–Kier alpha value is -1.50. The average molecular weight is 467 g/mol. The molecule has 5 nitrogen and oxygen atoms in total. The first-order valence-corrected chi connectivity index (χ1v) is 9.41. The van der Waals surface area contributed by atoms with E-state index in [-0.39, 0.29) is 12.3 Å².